The third-order valence-electron chi connectivity index (χ3n) is 4.06. The highest BCUT2D eigenvalue weighted by Gasteiger charge is 2.15. The largest absolute Gasteiger partial charge is 0.493 e. The molecule has 0 saturated carbocycles. The minimum Gasteiger partial charge on any atom is -0.493 e. The maximum absolute atomic E-state index is 12.6. The quantitative estimate of drug-likeness (QED) is 0.425. The molecule has 0 saturated heterocycles. The topological polar surface area (TPSA) is 79.5 Å². The SMILES string of the molecule is CCCCNC(=O)c1ccccc1NC(=S)NC(=O)c1ccccc1OCCC. The van der Waals surface area contributed by atoms with E-state index < -0.39 is 0 Å². The second-order valence-corrected chi connectivity index (χ2v) is 6.82. The molecule has 2 rings (SSSR count). The minimum absolute atomic E-state index is 0.106. The van der Waals surface area contributed by atoms with Crippen molar-refractivity contribution < 1.29 is 14.3 Å². The van der Waals surface area contributed by atoms with E-state index in [2.05, 4.69) is 22.9 Å². The number of para-hydroxylation sites is 2. The van der Waals surface area contributed by atoms with Gasteiger partial charge in [0, 0.05) is 6.54 Å². The van der Waals surface area contributed by atoms with Gasteiger partial charge in [-0.05, 0) is 49.3 Å². The molecule has 29 heavy (non-hydrogen) atoms. The van der Waals surface area contributed by atoms with Crippen molar-refractivity contribution in [1.29, 1.82) is 0 Å². The van der Waals surface area contributed by atoms with E-state index in [0.29, 0.717) is 35.7 Å². The van der Waals surface area contributed by atoms with Crippen LogP contribution in [0.25, 0.3) is 0 Å². The van der Waals surface area contributed by atoms with Crippen LogP contribution in [0.15, 0.2) is 48.5 Å². The van der Waals surface area contributed by atoms with Crippen molar-refractivity contribution >= 4 is 34.8 Å². The zero-order valence-corrected chi connectivity index (χ0v) is 17.6. The first-order valence-electron chi connectivity index (χ1n) is 9.78. The molecule has 3 N–H and O–H groups in total. The summed E-state index contributed by atoms with van der Waals surface area (Å²) in [4.78, 5) is 25.0. The Morgan fingerprint density at radius 2 is 1.62 bits per heavy atom. The third kappa shape index (κ3) is 6.87. The van der Waals surface area contributed by atoms with Crippen molar-refractivity contribution in [2.45, 2.75) is 33.1 Å². The number of thiocarbonyl (C=S) groups is 1. The molecule has 0 unspecified atom stereocenters. The van der Waals surface area contributed by atoms with Gasteiger partial charge in [0.05, 0.1) is 23.4 Å². The van der Waals surface area contributed by atoms with Gasteiger partial charge in [0.15, 0.2) is 5.11 Å². The standard InChI is InChI=1S/C22H27N3O3S/c1-3-5-14-23-20(26)16-10-6-8-12-18(16)24-22(29)25-21(27)17-11-7-9-13-19(17)28-15-4-2/h6-13H,3-5,14-15H2,1-2H3,(H,23,26)(H2,24,25,27,29). The number of ether oxygens (including phenoxy) is 1. The molecule has 0 aliphatic carbocycles. The summed E-state index contributed by atoms with van der Waals surface area (Å²) in [6.07, 6.45) is 2.75. The number of nitrogens with one attached hydrogen (secondary N) is 3. The van der Waals surface area contributed by atoms with Gasteiger partial charge in [0.2, 0.25) is 0 Å². The summed E-state index contributed by atoms with van der Waals surface area (Å²) < 4.78 is 5.63. The number of benzene rings is 2. The van der Waals surface area contributed by atoms with Crippen molar-refractivity contribution in [3.05, 3.63) is 59.7 Å². The van der Waals surface area contributed by atoms with E-state index in [0.717, 1.165) is 19.3 Å². The molecule has 0 heterocycles. The highest BCUT2D eigenvalue weighted by molar-refractivity contribution is 7.80. The summed E-state index contributed by atoms with van der Waals surface area (Å²) in [6, 6.07) is 14.0. The number of hydrogen-bond acceptors (Lipinski definition) is 4. The molecule has 6 nitrogen and oxygen atoms in total. The van der Waals surface area contributed by atoms with Crippen LogP contribution in [0, 0.1) is 0 Å². The number of hydrogen-bond donors (Lipinski definition) is 3. The first-order chi connectivity index (χ1) is 14.1. The smallest absolute Gasteiger partial charge is 0.261 e. The van der Waals surface area contributed by atoms with Crippen LogP contribution in [-0.2, 0) is 0 Å². The van der Waals surface area contributed by atoms with Crippen molar-refractivity contribution in [2.24, 2.45) is 0 Å². The summed E-state index contributed by atoms with van der Waals surface area (Å²) >= 11 is 5.28. The van der Waals surface area contributed by atoms with Gasteiger partial charge >= 0.3 is 0 Å². The predicted octanol–water partition coefficient (Wildman–Crippen LogP) is 4.13. The Labute approximate surface area is 177 Å². The number of anilines is 1. The molecule has 0 atom stereocenters. The molecular formula is C22H27N3O3S. The number of carbonyl (C=O) groups excluding carboxylic acids is 2. The molecule has 154 valence electrons. The average molecular weight is 414 g/mol. The van der Waals surface area contributed by atoms with Gasteiger partial charge in [0.25, 0.3) is 11.8 Å². The highest BCUT2D eigenvalue weighted by atomic mass is 32.1. The fourth-order valence-corrected chi connectivity index (χ4v) is 2.78. The maximum atomic E-state index is 12.6. The normalized spacial score (nSPS) is 10.1. The van der Waals surface area contributed by atoms with Gasteiger partial charge in [-0.2, -0.15) is 0 Å². The summed E-state index contributed by atoms with van der Waals surface area (Å²) in [7, 11) is 0. The fourth-order valence-electron chi connectivity index (χ4n) is 2.58. The first kappa shape index (κ1) is 22.4. The Morgan fingerprint density at radius 1 is 0.931 bits per heavy atom. The number of amides is 2. The monoisotopic (exact) mass is 413 g/mol. The summed E-state index contributed by atoms with van der Waals surface area (Å²) in [5.41, 5.74) is 1.39. The Kier molecular flexibility index (Phi) is 9.11. The lowest BCUT2D eigenvalue weighted by Crippen LogP contribution is -2.35. The van der Waals surface area contributed by atoms with Crippen molar-refractivity contribution in [1.82, 2.24) is 10.6 Å². The van der Waals surface area contributed by atoms with Gasteiger partial charge in [-0.1, -0.05) is 44.5 Å². The van der Waals surface area contributed by atoms with Crippen LogP contribution in [0.5, 0.6) is 5.75 Å². The van der Waals surface area contributed by atoms with Crippen LogP contribution >= 0.6 is 12.2 Å². The van der Waals surface area contributed by atoms with Crippen molar-refractivity contribution in [3.63, 3.8) is 0 Å². The average Bonchev–Trinajstić information content (AvgIpc) is 2.72. The molecule has 0 bridgehead atoms. The van der Waals surface area contributed by atoms with Crippen LogP contribution in [0.3, 0.4) is 0 Å². The summed E-state index contributed by atoms with van der Waals surface area (Å²) in [5.74, 6) is -0.0570. The van der Waals surface area contributed by atoms with Gasteiger partial charge in [-0.3, -0.25) is 14.9 Å². The van der Waals surface area contributed by atoms with E-state index in [1.165, 1.54) is 0 Å². The Balaban J connectivity index is 2.05. The predicted molar refractivity (Wildman–Crippen MR) is 120 cm³/mol. The third-order valence-corrected chi connectivity index (χ3v) is 4.26. The lowest BCUT2D eigenvalue weighted by molar-refractivity contribution is 0.0951. The van der Waals surface area contributed by atoms with E-state index in [1.807, 2.05) is 13.0 Å². The molecule has 2 amide bonds. The van der Waals surface area contributed by atoms with Gasteiger partial charge < -0.3 is 15.4 Å². The lowest BCUT2D eigenvalue weighted by atomic mass is 10.1. The molecule has 7 heteroatoms. The van der Waals surface area contributed by atoms with Crippen LogP contribution in [-0.4, -0.2) is 30.1 Å². The molecule has 2 aromatic carbocycles. The van der Waals surface area contributed by atoms with Crippen LogP contribution < -0.4 is 20.7 Å². The first-order valence-corrected chi connectivity index (χ1v) is 10.2. The van der Waals surface area contributed by atoms with Gasteiger partial charge in [-0.25, -0.2) is 0 Å². The van der Waals surface area contributed by atoms with E-state index in [4.69, 9.17) is 17.0 Å². The Hall–Kier alpha value is -2.93. The molecule has 0 radical (unpaired) electrons. The molecule has 0 spiro atoms. The number of carbonyl (C=O) groups is 2. The Morgan fingerprint density at radius 3 is 2.34 bits per heavy atom. The fraction of sp³-hybridized carbons (Fsp3) is 0.318. The van der Waals surface area contributed by atoms with Crippen molar-refractivity contribution in [2.75, 3.05) is 18.5 Å². The number of unbranched alkanes of at least 4 members (excludes halogenated alkanes) is 1. The molecule has 0 aliphatic rings. The second kappa shape index (κ2) is 11.8. The van der Waals surface area contributed by atoms with Crippen LogP contribution in [0.2, 0.25) is 0 Å². The van der Waals surface area contributed by atoms with E-state index in [9.17, 15) is 9.59 Å². The maximum Gasteiger partial charge on any atom is 0.261 e. The van der Waals surface area contributed by atoms with Crippen molar-refractivity contribution in [3.8, 4) is 5.75 Å². The molecule has 2 aromatic rings. The molecule has 0 aliphatic heterocycles. The van der Waals surface area contributed by atoms with Crippen LogP contribution in [0.1, 0.15) is 53.8 Å². The van der Waals surface area contributed by atoms with E-state index in [1.54, 1.807) is 42.5 Å². The Bertz CT molecular complexity index is 855. The highest BCUT2D eigenvalue weighted by Crippen LogP contribution is 2.19. The summed E-state index contributed by atoms with van der Waals surface area (Å²) in [5, 5.41) is 8.58. The van der Waals surface area contributed by atoms with Gasteiger partial charge in [0.1, 0.15) is 5.75 Å². The second-order valence-electron chi connectivity index (χ2n) is 6.41. The minimum atomic E-state index is -0.376. The molecular weight excluding hydrogens is 386 g/mol. The molecule has 0 fully saturated rings. The summed E-state index contributed by atoms with van der Waals surface area (Å²) in [6.45, 7) is 5.19. The van der Waals surface area contributed by atoms with E-state index >= 15 is 0 Å². The van der Waals surface area contributed by atoms with E-state index in [-0.39, 0.29) is 16.9 Å². The van der Waals surface area contributed by atoms with Crippen LogP contribution in [0.4, 0.5) is 5.69 Å². The molecule has 0 aromatic heterocycles. The number of rotatable bonds is 9. The van der Waals surface area contributed by atoms with Gasteiger partial charge in [-0.15, -0.1) is 0 Å². The zero-order valence-electron chi connectivity index (χ0n) is 16.8. The lowest BCUT2D eigenvalue weighted by Gasteiger charge is -2.15. The zero-order chi connectivity index (χ0) is 21.1.